The maximum atomic E-state index is 11.7. The van der Waals surface area contributed by atoms with Crippen LogP contribution in [0.1, 0.15) is 36.2 Å². The van der Waals surface area contributed by atoms with Crippen LogP contribution in [0.15, 0.2) is 11.4 Å². The van der Waals surface area contributed by atoms with Crippen molar-refractivity contribution in [2.75, 3.05) is 0 Å². The minimum Gasteiger partial charge on any atom is -0.481 e. The third-order valence-electron chi connectivity index (χ3n) is 3.13. The molecule has 17 heavy (non-hydrogen) atoms. The van der Waals surface area contributed by atoms with Crippen molar-refractivity contribution in [2.45, 2.75) is 32.2 Å². The van der Waals surface area contributed by atoms with Crippen LogP contribution in [0.2, 0.25) is 0 Å². The predicted molar refractivity (Wildman–Crippen MR) is 64.9 cm³/mol. The summed E-state index contributed by atoms with van der Waals surface area (Å²) in [6.45, 7) is 1.41. The summed E-state index contributed by atoms with van der Waals surface area (Å²) in [7, 11) is 0. The van der Waals surface area contributed by atoms with Crippen LogP contribution in [0, 0.1) is 5.92 Å². The quantitative estimate of drug-likeness (QED) is 0.809. The van der Waals surface area contributed by atoms with Crippen molar-refractivity contribution in [2.24, 2.45) is 5.92 Å². The molecule has 4 nitrogen and oxygen atoms in total. The lowest BCUT2D eigenvalue weighted by molar-refractivity contribution is -0.146. The highest BCUT2D eigenvalue weighted by atomic mass is 32.1. The second-order valence-corrected chi connectivity index (χ2v) is 5.31. The van der Waals surface area contributed by atoms with Crippen molar-refractivity contribution < 1.29 is 14.7 Å². The van der Waals surface area contributed by atoms with Crippen LogP contribution in [0.3, 0.4) is 0 Å². The van der Waals surface area contributed by atoms with Gasteiger partial charge in [-0.1, -0.05) is 0 Å². The summed E-state index contributed by atoms with van der Waals surface area (Å²) in [4.78, 5) is 23.7. The van der Waals surface area contributed by atoms with Crippen molar-refractivity contribution >= 4 is 23.2 Å². The Morgan fingerprint density at radius 1 is 1.59 bits per heavy atom. The molecule has 2 unspecified atom stereocenters. The molecule has 5 heteroatoms. The topological polar surface area (TPSA) is 66.4 Å². The third-order valence-corrected chi connectivity index (χ3v) is 4.13. The Kier molecular flexibility index (Phi) is 3.47. The molecule has 2 rings (SSSR count). The van der Waals surface area contributed by atoms with Crippen molar-refractivity contribution in [1.29, 1.82) is 0 Å². The van der Waals surface area contributed by atoms with Gasteiger partial charge in [0.05, 0.1) is 6.04 Å². The zero-order valence-corrected chi connectivity index (χ0v) is 10.4. The molecular weight excluding hydrogens is 238 g/mol. The molecule has 2 N–H and O–H groups in total. The summed E-state index contributed by atoms with van der Waals surface area (Å²) in [5.74, 6) is -2.47. The maximum Gasteiger partial charge on any atom is 0.315 e. The summed E-state index contributed by atoms with van der Waals surface area (Å²) >= 11 is 1.70. The largest absolute Gasteiger partial charge is 0.481 e. The molecule has 0 fully saturated rings. The van der Waals surface area contributed by atoms with Gasteiger partial charge in [-0.2, -0.15) is 0 Å². The minimum absolute atomic E-state index is 0.0145. The van der Waals surface area contributed by atoms with E-state index in [9.17, 15) is 9.59 Å². The number of amides is 1. The van der Waals surface area contributed by atoms with Gasteiger partial charge in [0, 0.05) is 4.88 Å². The van der Waals surface area contributed by atoms with Crippen molar-refractivity contribution in [1.82, 2.24) is 5.32 Å². The average molecular weight is 253 g/mol. The van der Waals surface area contributed by atoms with Crippen LogP contribution in [0.4, 0.5) is 0 Å². The molecule has 0 spiro atoms. The van der Waals surface area contributed by atoms with Crippen molar-refractivity contribution in [3.63, 3.8) is 0 Å². The monoisotopic (exact) mass is 253 g/mol. The summed E-state index contributed by atoms with van der Waals surface area (Å²) < 4.78 is 0. The average Bonchev–Trinajstić information content (AvgIpc) is 2.76. The number of carbonyl (C=O) groups is 2. The van der Waals surface area contributed by atoms with Gasteiger partial charge in [0.25, 0.3) is 0 Å². The number of nitrogens with one attached hydrogen (secondary N) is 1. The Balaban J connectivity index is 2.07. The molecule has 0 saturated carbocycles. The fourth-order valence-electron chi connectivity index (χ4n) is 2.05. The van der Waals surface area contributed by atoms with Crippen LogP contribution in [-0.2, 0) is 16.0 Å². The molecule has 1 heterocycles. The number of carboxylic acids is 1. The highest BCUT2D eigenvalue weighted by molar-refractivity contribution is 7.10. The normalized spacial score (nSPS) is 20.4. The number of carbonyl (C=O) groups excluding carboxylic acids is 1. The van der Waals surface area contributed by atoms with E-state index in [4.69, 9.17) is 5.11 Å². The SMILES string of the molecule is CC(C(=O)O)C(=O)NC1CCCc2sccc21. The van der Waals surface area contributed by atoms with Gasteiger partial charge < -0.3 is 10.4 Å². The zero-order valence-electron chi connectivity index (χ0n) is 9.60. The number of aryl methyl sites for hydroxylation is 1. The summed E-state index contributed by atoms with van der Waals surface area (Å²) in [5.41, 5.74) is 1.16. The standard InChI is InChI=1S/C12H15NO3S/c1-7(12(15)16)11(14)13-9-3-2-4-10-8(9)5-6-17-10/h5-7,9H,2-4H2,1H3,(H,13,14)(H,15,16). The molecule has 0 aliphatic heterocycles. The van der Waals surface area contributed by atoms with E-state index in [-0.39, 0.29) is 6.04 Å². The second kappa shape index (κ2) is 4.87. The Morgan fingerprint density at radius 2 is 2.35 bits per heavy atom. The lowest BCUT2D eigenvalue weighted by Gasteiger charge is -2.24. The van der Waals surface area contributed by atoms with Crippen LogP contribution in [-0.4, -0.2) is 17.0 Å². The van der Waals surface area contributed by atoms with Gasteiger partial charge in [-0.15, -0.1) is 11.3 Å². The molecule has 1 aliphatic rings. The molecule has 0 saturated heterocycles. The minimum atomic E-state index is -1.08. The smallest absolute Gasteiger partial charge is 0.315 e. The van der Waals surface area contributed by atoms with Gasteiger partial charge in [0.2, 0.25) is 5.91 Å². The van der Waals surface area contributed by atoms with Gasteiger partial charge in [-0.25, -0.2) is 0 Å². The molecular formula is C12H15NO3S. The van der Waals surface area contributed by atoms with E-state index >= 15 is 0 Å². The van der Waals surface area contributed by atoms with Crippen LogP contribution < -0.4 is 5.32 Å². The Morgan fingerprint density at radius 3 is 3.06 bits per heavy atom. The number of aliphatic carboxylic acids is 1. The number of hydrogen-bond donors (Lipinski definition) is 2. The summed E-state index contributed by atoms with van der Waals surface area (Å²) in [6, 6.07) is 2.01. The summed E-state index contributed by atoms with van der Waals surface area (Å²) in [6.07, 6.45) is 3.00. The van der Waals surface area contributed by atoms with E-state index in [0.29, 0.717) is 0 Å². The Labute approximate surface area is 104 Å². The highest BCUT2D eigenvalue weighted by Gasteiger charge is 2.27. The van der Waals surface area contributed by atoms with E-state index in [1.54, 1.807) is 11.3 Å². The number of rotatable bonds is 3. The molecule has 1 aromatic heterocycles. The second-order valence-electron chi connectivity index (χ2n) is 4.31. The molecule has 0 bridgehead atoms. The molecule has 1 aliphatic carbocycles. The van der Waals surface area contributed by atoms with Gasteiger partial charge in [0.15, 0.2) is 0 Å². The Bertz CT molecular complexity index is 441. The van der Waals surface area contributed by atoms with E-state index in [0.717, 1.165) is 24.8 Å². The van der Waals surface area contributed by atoms with Crippen molar-refractivity contribution in [3.8, 4) is 0 Å². The third kappa shape index (κ3) is 2.49. The van der Waals surface area contributed by atoms with E-state index in [1.165, 1.54) is 11.8 Å². The zero-order chi connectivity index (χ0) is 12.4. The lowest BCUT2D eigenvalue weighted by atomic mass is 9.93. The van der Waals surface area contributed by atoms with Crippen LogP contribution in [0.25, 0.3) is 0 Å². The number of hydrogen-bond acceptors (Lipinski definition) is 3. The van der Waals surface area contributed by atoms with E-state index in [1.807, 2.05) is 11.4 Å². The van der Waals surface area contributed by atoms with Gasteiger partial charge in [-0.05, 0) is 43.2 Å². The van der Waals surface area contributed by atoms with Crippen LogP contribution >= 0.6 is 11.3 Å². The van der Waals surface area contributed by atoms with Crippen LogP contribution in [0.5, 0.6) is 0 Å². The first-order chi connectivity index (χ1) is 8.09. The van der Waals surface area contributed by atoms with Gasteiger partial charge in [-0.3, -0.25) is 9.59 Å². The fourth-order valence-corrected chi connectivity index (χ4v) is 3.03. The predicted octanol–water partition coefficient (Wildman–Crippen LogP) is 1.96. The summed E-state index contributed by atoms with van der Waals surface area (Å²) in [5, 5.41) is 13.6. The highest BCUT2D eigenvalue weighted by Crippen LogP contribution is 2.33. The van der Waals surface area contributed by atoms with E-state index in [2.05, 4.69) is 5.32 Å². The molecule has 1 amide bonds. The van der Waals surface area contributed by atoms with Crippen molar-refractivity contribution in [3.05, 3.63) is 21.9 Å². The van der Waals surface area contributed by atoms with E-state index < -0.39 is 17.8 Å². The first-order valence-electron chi connectivity index (χ1n) is 5.69. The fraction of sp³-hybridized carbons (Fsp3) is 0.500. The number of fused-ring (bicyclic) bond motifs is 1. The number of carboxylic acid groups (broad SMARTS) is 1. The maximum absolute atomic E-state index is 11.7. The molecule has 2 atom stereocenters. The molecule has 0 radical (unpaired) electrons. The lowest BCUT2D eigenvalue weighted by Crippen LogP contribution is -2.37. The Hall–Kier alpha value is -1.36. The molecule has 1 aromatic rings. The molecule has 92 valence electrons. The first kappa shape index (κ1) is 12.1. The number of thiophene rings is 1. The molecule has 0 aromatic carbocycles. The van der Waals surface area contributed by atoms with Gasteiger partial charge >= 0.3 is 5.97 Å². The first-order valence-corrected chi connectivity index (χ1v) is 6.57. The van der Waals surface area contributed by atoms with Gasteiger partial charge in [0.1, 0.15) is 5.92 Å².